The molecule has 0 aliphatic carbocycles. The van der Waals surface area contributed by atoms with Crippen LogP contribution in [0.4, 0.5) is 10.1 Å². The predicted octanol–water partition coefficient (Wildman–Crippen LogP) is 4.81. The smallest absolute Gasteiger partial charge is 0.300 e. The topological polar surface area (TPSA) is 70.8 Å². The molecule has 2 aromatic carbocycles. The summed E-state index contributed by atoms with van der Waals surface area (Å²) < 4.78 is 20.0. The number of aliphatic hydroxyl groups is 1. The molecule has 0 bridgehead atoms. The van der Waals surface area contributed by atoms with E-state index in [1.807, 2.05) is 0 Å². The SMILES string of the molecule is O=C1C(=O)N(c2cccc(F)c2)C(c2ccco2)/C1=C(/O)c1ccc(Br)cc1. The molecule has 1 aliphatic heterocycles. The largest absolute Gasteiger partial charge is 0.507 e. The second kappa shape index (κ2) is 7.09. The predicted molar refractivity (Wildman–Crippen MR) is 104 cm³/mol. The van der Waals surface area contributed by atoms with E-state index in [9.17, 15) is 19.1 Å². The van der Waals surface area contributed by atoms with E-state index in [2.05, 4.69) is 15.9 Å². The number of rotatable bonds is 3. The number of aliphatic hydroxyl groups excluding tert-OH is 1. The van der Waals surface area contributed by atoms with E-state index in [1.165, 1.54) is 24.5 Å². The Kier molecular flexibility index (Phi) is 4.60. The van der Waals surface area contributed by atoms with Gasteiger partial charge in [0.15, 0.2) is 0 Å². The number of carbonyl (C=O) groups excluding carboxylic acids is 2. The van der Waals surface area contributed by atoms with Crippen LogP contribution in [0, 0.1) is 5.82 Å². The van der Waals surface area contributed by atoms with E-state index < -0.39 is 23.5 Å². The summed E-state index contributed by atoms with van der Waals surface area (Å²) in [5, 5.41) is 10.8. The van der Waals surface area contributed by atoms with Gasteiger partial charge in [-0.1, -0.05) is 34.1 Å². The van der Waals surface area contributed by atoms with Gasteiger partial charge in [-0.05, 0) is 42.5 Å². The van der Waals surface area contributed by atoms with Crippen LogP contribution in [0.5, 0.6) is 0 Å². The first-order valence-corrected chi connectivity index (χ1v) is 9.12. The molecule has 7 heteroatoms. The van der Waals surface area contributed by atoms with Crippen molar-refractivity contribution in [2.45, 2.75) is 6.04 Å². The van der Waals surface area contributed by atoms with Gasteiger partial charge in [-0.15, -0.1) is 0 Å². The van der Waals surface area contributed by atoms with Gasteiger partial charge in [0.2, 0.25) is 0 Å². The summed E-state index contributed by atoms with van der Waals surface area (Å²) in [6.07, 6.45) is 1.40. The minimum absolute atomic E-state index is 0.119. The van der Waals surface area contributed by atoms with Crippen molar-refractivity contribution in [2.75, 3.05) is 4.90 Å². The van der Waals surface area contributed by atoms with E-state index in [1.54, 1.807) is 36.4 Å². The Morgan fingerprint density at radius 1 is 1.07 bits per heavy atom. The summed E-state index contributed by atoms with van der Waals surface area (Å²) in [6, 6.07) is 14.2. The van der Waals surface area contributed by atoms with Crippen molar-refractivity contribution in [2.24, 2.45) is 0 Å². The number of nitrogens with zero attached hydrogens (tertiary/aromatic N) is 1. The summed E-state index contributed by atoms with van der Waals surface area (Å²) >= 11 is 3.31. The van der Waals surface area contributed by atoms with Gasteiger partial charge in [-0.3, -0.25) is 14.5 Å². The van der Waals surface area contributed by atoms with Crippen LogP contribution in [0.3, 0.4) is 0 Å². The minimum Gasteiger partial charge on any atom is -0.507 e. The van der Waals surface area contributed by atoms with Crippen LogP contribution in [0.1, 0.15) is 17.4 Å². The maximum Gasteiger partial charge on any atom is 0.300 e. The van der Waals surface area contributed by atoms with Crippen molar-refractivity contribution >= 4 is 39.1 Å². The number of hydrogen-bond acceptors (Lipinski definition) is 4. The van der Waals surface area contributed by atoms with Crippen LogP contribution < -0.4 is 4.90 Å². The first kappa shape index (κ1) is 18.2. The molecule has 1 saturated heterocycles. The van der Waals surface area contributed by atoms with Crippen molar-refractivity contribution in [1.82, 2.24) is 0 Å². The third-order valence-electron chi connectivity index (χ3n) is 4.46. The highest BCUT2D eigenvalue weighted by atomic mass is 79.9. The maximum absolute atomic E-state index is 13.8. The van der Waals surface area contributed by atoms with Crippen LogP contribution in [0.15, 0.2) is 81.4 Å². The average molecular weight is 442 g/mol. The zero-order valence-corrected chi connectivity index (χ0v) is 15.9. The summed E-state index contributed by atoms with van der Waals surface area (Å²) in [5.74, 6) is -2.34. The third kappa shape index (κ3) is 3.03. The fourth-order valence-corrected chi connectivity index (χ4v) is 3.47. The van der Waals surface area contributed by atoms with Crippen molar-refractivity contribution in [3.05, 3.63) is 94.1 Å². The van der Waals surface area contributed by atoms with Crippen molar-refractivity contribution in [3.63, 3.8) is 0 Å². The zero-order valence-electron chi connectivity index (χ0n) is 14.3. The Bertz CT molecular complexity index is 1090. The van der Waals surface area contributed by atoms with Gasteiger partial charge in [0, 0.05) is 15.7 Å². The van der Waals surface area contributed by atoms with Crippen LogP contribution in [0.25, 0.3) is 5.76 Å². The number of halogens is 2. The number of furan rings is 1. The van der Waals surface area contributed by atoms with Crippen LogP contribution >= 0.6 is 15.9 Å². The lowest BCUT2D eigenvalue weighted by atomic mass is 9.99. The Balaban J connectivity index is 1.93. The number of hydrogen-bond donors (Lipinski definition) is 1. The van der Waals surface area contributed by atoms with Crippen LogP contribution in [-0.2, 0) is 9.59 Å². The molecule has 1 fully saturated rings. The lowest BCUT2D eigenvalue weighted by Gasteiger charge is -2.23. The molecule has 0 radical (unpaired) electrons. The molecule has 1 unspecified atom stereocenters. The van der Waals surface area contributed by atoms with E-state index >= 15 is 0 Å². The van der Waals surface area contributed by atoms with E-state index in [0.29, 0.717) is 5.56 Å². The van der Waals surface area contributed by atoms with Gasteiger partial charge in [0.05, 0.1) is 11.8 Å². The molecule has 0 spiro atoms. The standard InChI is InChI=1S/C21H13BrFNO4/c22-13-8-6-12(7-9-13)19(25)17-18(16-5-2-10-28-16)24(21(27)20(17)26)15-4-1-3-14(23)11-15/h1-11,18,25H/b19-17-. The van der Waals surface area contributed by atoms with E-state index in [4.69, 9.17) is 4.42 Å². The van der Waals surface area contributed by atoms with Gasteiger partial charge in [-0.25, -0.2) is 4.39 Å². The average Bonchev–Trinajstić information content (AvgIpc) is 3.29. The fraction of sp³-hybridized carbons (Fsp3) is 0.0476. The maximum atomic E-state index is 13.8. The second-order valence-corrected chi connectivity index (χ2v) is 7.09. The number of ketones is 1. The minimum atomic E-state index is -1.01. The molecule has 1 N–H and O–H groups in total. The monoisotopic (exact) mass is 441 g/mol. The lowest BCUT2D eigenvalue weighted by molar-refractivity contribution is -0.132. The fourth-order valence-electron chi connectivity index (χ4n) is 3.20. The highest BCUT2D eigenvalue weighted by molar-refractivity contribution is 9.10. The third-order valence-corrected chi connectivity index (χ3v) is 4.99. The van der Waals surface area contributed by atoms with E-state index in [-0.39, 0.29) is 22.8 Å². The second-order valence-electron chi connectivity index (χ2n) is 6.17. The number of Topliss-reactive ketones (excluding diaryl/α,β-unsaturated/α-hetero) is 1. The quantitative estimate of drug-likeness (QED) is 0.359. The number of benzene rings is 2. The van der Waals surface area contributed by atoms with E-state index in [0.717, 1.165) is 15.4 Å². The van der Waals surface area contributed by atoms with Gasteiger partial charge in [-0.2, -0.15) is 0 Å². The Morgan fingerprint density at radius 2 is 1.82 bits per heavy atom. The van der Waals surface area contributed by atoms with Crippen LogP contribution in [-0.4, -0.2) is 16.8 Å². The molecule has 28 heavy (non-hydrogen) atoms. The molecule has 1 amide bonds. The van der Waals surface area contributed by atoms with Gasteiger partial charge < -0.3 is 9.52 Å². The summed E-state index contributed by atoms with van der Waals surface area (Å²) in [6.45, 7) is 0. The highest BCUT2D eigenvalue weighted by Crippen LogP contribution is 2.42. The number of anilines is 1. The summed E-state index contributed by atoms with van der Waals surface area (Å²) in [4.78, 5) is 26.7. The summed E-state index contributed by atoms with van der Waals surface area (Å²) in [5.41, 5.74) is 0.446. The molecule has 2 heterocycles. The normalized spacial score (nSPS) is 18.6. The lowest BCUT2D eigenvalue weighted by Crippen LogP contribution is -2.29. The summed E-state index contributed by atoms with van der Waals surface area (Å²) in [7, 11) is 0. The van der Waals surface area contributed by atoms with Crippen molar-refractivity contribution in [3.8, 4) is 0 Å². The Hall–Kier alpha value is -3.19. The van der Waals surface area contributed by atoms with Gasteiger partial charge >= 0.3 is 0 Å². The molecule has 4 rings (SSSR count). The first-order valence-electron chi connectivity index (χ1n) is 8.33. The highest BCUT2D eigenvalue weighted by Gasteiger charge is 2.48. The Labute approximate surface area is 167 Å². The molecule has 1 aromatic heterocycles. The molecule has 3 aromatic rings. The number of amides is 1. The van der Waals surface area contributed by atoms with Crippen molar-refractivity contribution in [1.29, 1.82) is 0 Å². The molecular formula is C21H13BrFNO4. The Morgan fingerprint density at radius 3 is 2.46 bits per heavy atom. The van der Waals surface area contributed by atoms with Gasteiger partial charge in [0.1, 0.15) is 23.4 Å². The number of carbonyl (C=O) groups is 2. The molecule has 1 atom stereocenters. The molecule has 1 aliphatic rings. The molecular weight excluding hydrogens is 429 g/mol. The molecule has 140 valence electrons. The first-order chi connectivity index (χ1) is 13.5. The molecule has 0 saturated carbocycles. The van der Waals surface area contributed by atoms with Crippen molar-refractivity contribution < 1.29 is 23.5 Å². The van der Waals surface area contributed by atoms with Gasteiger partial charge in [0.25, 0.3) is 11.7 Å². The van der Waals surface area contributed by atoms with Crippen LogP contribution in [0.2, 0.25) is 0 Å². The molecule has 5 nitrogen and oxygen atoms in total. The zero-order chi connectivity index (χ0) is 19.8.